The van der Waals surface area contributed by atoms with Crippen LogP contribution in [-0.4, -0.2) is 15.3 Å². The topological polar surface area (TPSA) is 57.6 Å². The van der Waals surface area contributed by atoms with Crippen LogP contribution in [0, 0.1) is 5.82 Å². The molecule has 0 saturated carbocycles. The number of carboxylic acids is 1. The minimum atomic E-state index is -4.91. The highest BCUT2D eigenvalue weighted by molar-refractivity contribution is 7.86. The largest absolute Gasteiger partial charge is 0.478 e. The smallest absolute Gasteiger partial charge is 0.419 e. The van der Waals surface area contributed by atoms with Crippen LogP contribution in [0.25, 0.3) is 10.1 Å². The zero-order valence-electron chi connectivity index (χ0n) is 16.7. The molecule has 0 aliphatic rings. The van der Waals surface area contributed by atoms with Crippen LogP contribution in [0.3, 0.4) is 0 Å². The molecule has 4 aromatic rings. The summed E-state index contributed by atoms with van der Waals surface area (Å²) in [7, 11) is -1.95. The highest BCUT2D eigenvalue weighted by atomic mass is 32.2. The summed E-state index contributed by atoms with van der Waals surface area (Å²) < 4.78 is 68.8. The number of halogens is 4. The molecule has 0 bridgehead atoms. The van der Waals surface area contributed by atoms with Gasteiger partial charge >= 0.3 is 12.1 Å². The standard InChI is InChI=1S/C23H15F4NO3S2/c24-18-11-10-14(12-17(18)23(25,26)27)13-28(33(31)15-6-2-1-3-7-15)21-20(22(29)30)16-8-4-5-9-19(16)32-21/h1-12H,13H2,(H,29,30). The molecule has 0 radical (unpaired) electrons. The first-order valence-electron chi connectivity index (χ1n) is 9.51. The Balaban J connectivity index is 1.88. The van der Waals surface area contributed by atoms with Crippen LogP contribution >= 0.6 is 11.3 Å². The van der Waals surface area contributed by atoms with Crippen molar-refractivity contribution in [1.29, 1.82) is 0 Å². The number of nitrogens with zero attached hydrogens (tertiary/aromatic N) is 1. The van der Waals surface area contributed by atoms with Crippen LogP contribution in [0.4, 0.5) is 22.6 Å². The predicted molar refractivity (Wildman–Crippen MR) is 119 cm³/mol. The van der Waals surface area contributed by atoms with Crippen molar-refractivity contribution in [2.24, 2.45) is 0 Å². The number of thiophene rings is 1. The van der Waals surface area contributed by atoms with Crippen molar-refractivity contribution in [3.05, 3.63) is 95.3 Å². The van der Waals surface area contributed by atoms with Crippen LogP contribution < -0.4 is 4.31 Å². The second-order valence-electron chi connectivity index (χ2n) is 6.99. The van der Waals surface area contributed by atoms with Crippen LogP contribution in [0.1, 0.15) is 21.5 Å². The number of carboxylic acid groups (broad SMARTS) is 1. The Hall–Kier alpha value is -3.24. The molecule has 0 aliphatic carbocycles. The number of benzene rings is 3. The van der Waals surface area contributed by atoms with Gasteiger partial charge in [-0.05, 0) is 35.9 Å². The van der Waals surface area contributed by atoms with Crippen molar-refractivity contribution < 1.29 is 31.7 Å². The lowest BCUT2D eigenvalue weighted by molar-refractivity contribution is -0.140. The molecule has 0 aliphatic heterocycles. The van der Waals surface area contributed by atoms with Gasteiger partial charge in [-0.25, -0.2) is 13.4 Å². The Morgan fingerprint density at radius 1 is 1.00 bits per heavy atom. The van der Waals surface area contributed by atoms with Crippen LogP contribution in [-0.2, 0) is 23.7 Å². The van der Waals surface area contributed by atoms with Crippen molar-refractivity contribution in [3.63, 3.8) is 0 Å². The summed E-state index contributed by atoms with van der Waals surface area (Å²) in [5.41, 5.74) is -1.51. The molecule has 1 N–H and O–H groups in total. The third-order valence-corrected chi connectivity index (χ3v) is 7.52. The van der Waals surface area contributed by atoms with Gasteiger partial charge in [-0.1, -0.05) is 42.5 Å². The minimum Gasteiger partial charge on any atom is -0.478 e. The zero-order chi connectivity index (χ0) is 23.8. The molecular weight excluding hydrogens is 478 g/mol. The molecule has 1 unspecified atom stereocenters. The van der Waals surface area contributed by atoms with Crippen molar-refractivity contribution in [2.45, 2.75) is 17.6 Å². The minimum absolute atomic E-state index is 0.0294. The first kappa shape index (κ1) is 22.9. The van der Waals surface area contributed by atoms with E-state index in [1.54, 1.807) is 54.6 Å². The van der Waals surface area contributed by atoms with E-state index >= 15 is 0 Å². The van der Waals surface area contributed by atoms with Crippen LogP contribution in [0.5, 0.6) is 0 Å². The Morgan fingerprint density at radius 3 is 2.33 bits per heavy atom. The van der Waals surface area contributed by atoms with Crippen LogP contribution in [0.2, 0.25) is 0 Å². The van der Waals surface area contributed by atoms with E-state index in [4.69, 9.17) is 0 Å². The summed E-state index contributed by atoms with van der Waals surface area (Å²) in [5.74, 6) is -2.68. The van der Waals surface area contributed by atoms with Gasteiger partial charge in [0.25, 0.3) is 0 Å². The average Bonchev–Trinajstić information content (AvgIpc) is 3.17. The van der Waals surface area contributed by atoms with Gasteiger partial charge in [0.1, 0.15) is 16.4 Å². The molecule has 0 amide bonds. The summed E-state index contributed by atoms with van der Waals surface area (Å²) in [6.45, 7) is -0.335. The molecular formula is C23H15F4NO3S2. The molecule has 0 saturated heterocycles. The molecule has 33 heavy (non-hydrogen) atoms. The summed E-state index contributed by atoms with van der Waals surface area (Å²) in [4.78, 5) is 12.5. The first-order valence-corrected chi connectivity index (χ1v) is 11.4. The van der Waals surface area contributed by atoms with E-state index in [0.717, 1.165) is 17.4 Å². The SMILES string of the molecule is O=C(O)c1c(N(Cc2ccc(F)c(C(F)(F)F)c2)S(=O)c2ccccc2)sc2ccccc12. The van der Waals surface area contributed by atoms with Gasteiger partial charge in [0, 0.05) is 10.1 Å². The lowest BCUT2D eigenvalue weighted by Crippen LogP contribution is -2.26. The van der Waals surface area contributed by atoms with Crippen molar-refractivity contribution in [2.75, 3.05) is 4.31 Å². The van der Waals surface area contributed by atoms with E-state index in [0.29, 0.717) is 27.1 Å². The fourth-order valence-corrected chi connectivity index (χ4v) is 5.91. The zero-order valence-corrected chi connectivity index (χ0v) is 18.3. The fraction of sp³-hybridized carbons (Fsp3) is 0.0870. The van der Waals surface area contributed by atoms with E-state index in [2.05, 4.69) is 0 Å². The molecule has 1 heterocycles. The third-order valence-electron chi connectivity index (χ3n) is 4.82. The van der Waals surface area contributed by atoms with E-state index in [1.165, 1.54) is 4.31 Å². The molecule has 4 nitrogen and oxygen atoms in total. The van der Waals surface area contributed by atoms with Crippen molar-refractivity contribution in [3.8, 4) is 0 Å². The molecule has 0 fully saturated rings. The molecule has 4 rings (SSSR count). The van der Waals surface area contributed by atoms with E-state index < -0.39 is 34.5 Å². The Bertz CT molecular complexity index is 1350. The maximum absolute atomic E-state index is 13.8. The van der Waals surface area contributed by atoms with E-state index in [-0.39, 0.29) is 22.7 Å². The highest BCUT2D eigenvalue weighted by Crippen LogP contribution is 2.41. The number of fused-ring (bicyclic) bond motifs is 1. The molecule has 1 atom stereocenters. The van der Waals surface area contributed by atoms with Gasteiger partial charge < -0.3 is 5.11 Å². The number of rotatable bonds is 6. The van der Waals surface area contributed by atoms with E-state index in [1.807, 2.05) is 0 Å². The maximum Gasteiger partial charge on any atom is 0.419 e. The van der Waals surface area contributed by atoms with E-state index in [9.17, 15) is 31.7 Å². The Morgan fingerprint density at radius 2 is 1.67 bits per heavy atom. The van der Waals surface area contributed by atoms with Crippen molar-refractivity contribution in [1.82, 2.24) is 0 Å². The second-order valence-corrected chi connectivity index (χ2v) is 9.44. The lowest BCUT2D eigenvalue weighted by Gasteiger charge is -2.23. The number of hydrogen-bond acceptors (Lipinski definition) is 3. The summed E-state index contributed by atoms with van der Waals surface area (Å²) in [5, 5.41) is 10.4. The van der Waals surface area contributed by atoms with Gasteiger partial charge in [-0.3, -0.25) is 4.31 Å². The number of hydrogen-bond donors (Lipinski definition) is 1. The Kier molecular flexibility index (Phi) is 6.22. The van der Waals surface area contributed by atoms with Crippen LogP contribution in [0.15, 0.2) is 77.7 Å². The summed E-state index contributed by atoms with van der Waals surface area (Å²) in [6.07, 6.45) is -4.91. The number of carbonyl (C=O) groups is 1. The van der Waals surface area contributed by atoms with Crippen molar-refractivity contribution >= 4 is 43.4 Å². The number of aromatic carboxylic acids is 1. The monoisotopic (exact) mass is 493 g/mol. The third kappa shape index (κ3) is 4.62. The molecule has 170 valence electrons. The highest BCUT2D eigenvalue weighted by Gasteiger charge is 2.35. The average molecular weight is 494 g/mol. The second kappa shape index (κ2) is 8.95. The van der Waals surface area contributed by atoms with Gasteiger partial charge in [0.2, 0.25) is 0 Å². The molecule has 10 heteroatoms. The van der Waals surface area contributed by atoms with Gasteiger partial charge in [-0.2, -0.15) is 13.2 Å². The Labute approximate surface area is 192 Å². The number of anilines is 1. The summed E-state index contributed by atoms with van der Waals surface area (Å²) in [6, 6.07) is 17.4. The molecule has 3 aromatic carbocycles. The fourth-order valence-electron chi connectivity index (χ4n) is 3.34. The number of alkyl halides is 3. The summed E-state index contributed by atoms with van der Waals surface area (Å²) >= 11 is 1.07. The maximum atomic E-state index is 13.8. The lowest BCUT2D eigenvalue weighted by atomic mass is 10.1. The molecule has 1 aromatic heterocycles. The van der Waals surface area contributed by atoms with Gasteiger partial charge in [0.05, 0.1) is 17.0 Å². The first-order chi connectivity index (χ1) is 15.7. The quantitative estimate of drug-likeness (QED) is 0.313. The normalized spacial score (nSPS) is 12.6. The predicted octanol–water partition coefficient (Wildman–Crippen LogP) is 6.49. The van der Waals surface area contributed by atoms with Gasteiger partial charge in [0.15, 0.2) is 11.0 Å². The molecule has 0 spiro atoms. The van der Waals surface area contributed by atoms with Gasteiger partial charge in [-0.15, -0.1) is 11.3 Å².